The Morgan fingerprint density at radius 1 is 1.05 bits per heavy atom. The quantitative estimate of drug-likeness (QED) is 0.896. The molecule has 2 aliphatic rings. The van der Waals surface area contributed by atoms with E-state index in [1.807, 2.05) is 0 Å². The first-order valence-corrected chi connectivity index (χ1v) is 7.91. The van der Waals surface area contributed by atoms with Crippen molar-refractivity contribution in [2.45, 2.75) is 44.7 Å². The molecule has 1 aliphatic carbocycles. The van der Waals surface area contributed by atoms with Crippen molar-refractivity contribution in [1.82, 2.24) is 10.2 Å². The van der Waals surface area contributed by atoms with Gasteiger partial charge in [0.15, 0.2) is 0 Å². The van der Waals surface area contributed by atoms with Crippen LogP contribution in [0.4, 0.5) is 0 Å². The topological polar surface area (TPSA) is 15.3 Å². The minimum absolute atomic E-state index is 0.734. The van der Waals surface area contributed by atoms with E-state index in [-0.39, 0.29) is 0 Å². The van der Waals surface area contributed by atoms with Crippen molar-refractivity contribution in [2.75, 3.05) is 19.6 Å². The molecule has 1 heterocycles. The summed E-state index contributed by atoms with van der Waals surface area (Å²) in [6.07, 6.45) is 7.23. The van der Waals surface area contributed by atoms with Crippen molar-refractivity contribution < 1.29 is 0 Å². The zero-order chi connectivity index (χ0) is 12.9. The maximum atomic E-state index is 3.76. The second-order valence-electron chi connectivity index (χ2n) is 6.18. The fraction of sp³-hybridized carbons (Fsp3) is 0.647. The van der Waals surface area contributed by atoms with Crippen LogP contribution in [0.2, 0.25) is 0 Å². The zero-order valence-electron chi connectivity index (χ0n) is 11.9. The van der Waals surface area contributed by atoms with Crippen LogP contribution >= 0.6 is 0 Å². The van der Waals surface area contributed by atoms with Gasteiger partial charge < -0.3 is 5.32 Å². The number of benzene rings is 1. The van der Waals surface area contributed by atoms with Gasteiger partial charge in [0, 0.05) is 32.2 Å². The molecule has 0 amide bonds. The summed E-state index contributed by atoms with van der Waals surface area (Å²) in [4.78, 5) is 2.63. The summed E-state index contributed by atoms with van der Waals surface area (Å²) in [6, 6.07) is 11.6. The molecule has 2 fully saturated rings. The molecule has 2 heteroatoms. The summed E-state index contributed by atoms with van der Waals surface area (Å²) in [5.74, 6) is 0.923. The molecule has 1 saturated heterocycles. The van der Waals surface area contributed by atoms with Gasteiger partial charge in [-0.2, -0.15) is 0 Å². The molecule has 1 saturated carbocycles. The van der Waals surface area contributed by atoms with Crippen LogP contribution in [0.15, 0.2) is 30.3 Å². The van der Waals surface area contributed by atoms with E-state index in [1.165, 1.54) is 50.8 Å². The van der Waals surface area contributed by atoms with E-state index in [0.29, 0.717) is 0 Å². The summed E-state index contributed by atoms with van der Waals surface area (Å²) >= 11 is 0. The molecule has 0 aromatic heterocycles. The van der Waals surface area contributed by atoms with Gasteiger partial charge in [-0.05, 0) is 24.3 Å². The van der Waals surface area contributed by atoms with Gasteiger partial charge in [-0.3, -0.25) is 4.90 Å². The van der Waals surface area contributed by atoms with E-state index in [0.717, 1.165) is 25.0 Å². The Morgan fingerprint density at radius 2 is 1.84 bits per heavy atom. The van der Waals surface area contributed by atoms with Gasteiger partial charge in [-0.25, -0.2) is 0 Å². The Balaban J connectivity index is 1.55. The van der Waals surface area contributed by atoms with Gasteiger partial charge in [0.05, 0.1) is 0 Å². The lowest BCUT2D eigenvalue weighted by Gasteiger charge is -2.39. The van der Waals surface area contributed by atoms with Crippen LogP contribution in [-0.2, 0) is 6.54 Å². The van der Waals surface area contributed by atoms with Gasteiger partial charge in [0.25, 0.3) is 0 Å². The van der Waals surface area contributed by atoms with Gasteiger partial charge >= 0.3 is 0 Å². The third-order valence-electron chi connectivity index (χ3n) is 4.76. The Labute approximate surface area is 117 Å². The molecule has 0 spiro atoms. The van der Waals surface area contributed by atoms with E-state index < -0.39 is 0 Å². The molecule has 1 aromatic carbocycles. The van der Waals surface area contributed by atoms with Crippen LogP contribution in [0.25, 0.3) is 0 Å². The molecule has 104 valence electrons. The average Bonchev–Trinajstić information content (AvgIpc) is 2.49. The molecule has 1 atom stereocenters. The number of rotatable bonds is 3. The van der Waals surface area contributed by atoms with Crippen molar-refractivity contribution in [1.29, 1.82) is 0 Å². The molecular formula is C17H26N2. The highest BCUT2D eigenvalue weighted by Crippen LogP contribution is 2.27. The summed E-state index contributed by atoms with van der Waals surface area (Å²) < 4.78 is 0. The van der Waals surface area contributed by atoms with E-state index in [9.17, 15) is 0 Å². The predicted molar refractivity (Wildman–Crippen MR) is 80.1 cm³/mol. The van der Waals surface area contributed by atoms with Crippen LogP contribution in [0.5, 0.6) is 0 Å². The van der Waals surface area contributed by atoms with Gasteiger partial charge in [-0.15, -0.1) is 0 Å². The number of nitrogens with zero attached hydrogens (tertiary/aromatic N) is 1. The second kappa shape index (κ2) is 6.53. The fourth-order valence-electron chi connectivity index (χ4n) is 3.68. The van der Waals surface area contributed by atoms with Crippen molar-refractivity contribution in [3.05, 3.63) is 35.9 Å². The lowest BCUT2D eigenvalue weighted by atomic mass is 9.83. The molecular weight excluding hydrogens is 232 g/mol. The lowest BCUT2D eigenvalue weighted by Crippen LogP contribution is -2.53. The number of nitrogens with one attached hydrogen (secondary N) is 1. The van der Waals surface area contributed by atoms with E-state index in [4.69, 9.17) is 0 Å². The molecule has 0 radical (unpaired) electrons. The molecule has 1 aromatic rings. The average molecular weight is 258 g/mol. The highest BCUT2D eigenvalue weighted by molar-refractivity contribution is 5.14. The van der Waals surface area contributed by atoms with E-state index >= 15 is 0 Å². The first kappa shape index (κ1) is 13.1. The maximum absolute atomic E-state index is 3.76. The molecule has 3 rings (SSSR count). The predicted octanol–water partition coefficient (Wildman–Crippen LogP) is 3.04. The lowest BCUT2D eigenvalue weighted by molar-refractivity contribution is 0.141. The largest absolute Gasteiger partial charge is 0.311 e. The first-order valence-electron chi connectivity index (χ1n) is 7.91. The second-order valence-corrected chi connectivity index (χ2v) is 6.18. The normalized spacial score (nSPS) is 26.4. The molecule has 1 unspecified atom stereocenters. The summed E-state index contributed by atoms with van der Waals surface area (Å²) in [6.45, 7) is 4.71. The highest BCUT2D eigenvalue weighted by atomic mass is 15.2. The zero-order valence-corrected chi connectivity index (χ0v) is 11.9. The van der Waals surface area contributed by atoms with Crippen molar-refractivity contribution in [3.8, 4) is 0 Å². The van der Waals surface area contributed by atoms with Crippen LogP contribution in [0, 0.1) is 5.92 Å². The smallest absolute Gasteiger partial charge is 0.0234 e. The molecule has 0 bridgehead atoms. The van der Waals surface area contributed by atoms with Crippen LogP contribution in [-0.4, -0.2) is 30.6 Å². The molecule has 19 heavy (non-hydrogen) atoms. The summed E-state index contributed by atoms with van der Waals surface area (Å²) in [7, 11) is 0. The third kappa shape index (κ3) is 3.58. The number of hydrogen-bond acceptors (Lipinski definition) is 2. The third-order valence-corrected chi connectivity index (χ3v) is 4.76. The van der Waals surface area contributed by atoms with Crippen LogP contribution < -0.4 is 5.32 Å². The Morgan fingerprint density at radius 3 is 2.63 bits per heavy atom. The summed E-state index contributed by atoms with van der Waals surface area (Å²) in [5.41, 5.74) is 1.45. The van der Waals surface area contributed by atoms with E-state index in [1.54, 1.807) is 0 Å². The minimum atomic E-state index is 0.734. The van der Waals surface area contributed by atoms with Crippen molar-refractivity contribution in [3.63, 3.8) is 0 Å². The van der Waals surface area contributed by atoms with E-state index in [2.05, 4.69) is 40.5 Å². The summed E-state index contributed by atoms with van der Waals surface area (Å²) in [5, 5.41) is 3.76. The van der Waals surface area contributed by atoms with Gasteiger partial charge in [-0.1, -0.05) is 49.6 Å². The highest BCUT2D eigenvalue weighted by Gasteiger charge is 2.27. The van der Waals surface area contributed by atoms with Crippen molar-refractivity contribution in [2.24, 2.45) is 5.92 Å². The first-order chi connectivity index (χ1) is 9.42. The SMILES string of the molecule is c1ccc(CN2CCNC(C3CCCCC3)C2)cc1. The van der Waals surface area contributed by atoms with Crippen molar-refractivity contribution >= 4 is 0 Å². The monoisotopic (exact) mass is 258 g/mol. The standard InChI is InChI=1S/C17H26N2/c1-3-7-15(8-4-1)13-19-12-11-18-17(14-19)16-9-5-2-6-10-16/h1,3-4,7-8,16-18H,2,5-6,9-14H2. The Hall–Kier alpha value is -0.860. The number of hydrogen-bond donors (Lipinski definition) is 1. The van der Waals surface area contributed by atoms with Gasteiger partial charge in [0.1, 0.15) is 0 Å². The Kier molecular flexibility index (Phi) is 4.52. The Bertz CT molecular complexity index is 370. The number of piperazine rings is 1. The molecule has 2 nitrogen and oxygen atoms in total. The minimum Gasteiger partial charge on any atom is -0.311 e. The molecule has 1 aliphatic heterocycles. The van der Waals surface area contributed by atoms with Gasteiger partial charge in [0.2, 0.25) is 0 Å². The molecule has 1 N–H and O–H groups in total. The van der Waals surface area contributed by atoms with Crippen LogP contribution in [0.1, 0.15) is 37.7 Å². The fourth-order valence-corrected chi connectivity index (χ4v) is 3.68. The van der Waals surface area contributed by atoms with Crippen LogP contribution in [0.3, 0.4) is 0 Å². The maximum Gasteiger partial charge on any atom is 0.0234 e.